The summed E-state index contributed by atoms with van der Waals surface area (Å²) in [5.74, 6) is 0. The van der Waals surface area contributed by atoms with Gasteiger partial charge in [-0.15, -0.1) is 22.7 Å². The van der Waals surface area contributed by atoms with Gasteiger partial charge >= 0.3 is 0 Å². The van der Waals surface area contributed by atoms with Crippen molar-refractivity contribution in [3.05, 3.63) is 206 Å². The molecule has 0 radical (unpaired) electrons. The standard InChI is InChI=1S/C53H34N2S2/c1-3-12-38(13-4-1)45-17-9-10-18-48(45)55(43-26-21-36(22-27-43)41-20-19-35-11-7-8-16-40(35)33-41)44-28-23-37(24-29-44)42-25-31-49-46(34-42)51-50(56-49)32-30-47-52(51)57-53(54-47)39-14-5-2-6-15-39/h1-34H. The number of hydrogen-bond donors (Lipinski definition) is 0. The van der Waals surface area contributed by atoms with E-state index in [4.69, 9.17) is 4.98 Å². The summed E-state index contributed by atoms with van der Waals surface area (Å²) in [4.78, 5) is 7.44. The summed E-state index contributed by atoms with van der Waals surface area (Å²) >= 11 is 3.65. The lowest BCUT2D eigenvalue weighted by Crippen LogP contribution is -2.11. The second-order valence-electron chi connectivity index (χ2n) is 14.4. The lowest BCUT2D eigenvalue weighted by atomic mass is 9.99. The van der Waals surface area contributed by atoms with E-state index in [9.17, 15) is 0 Å². The molecule has 0 saturated heterocycles. The monoisotopic (exact) mass is 762 g/mol. The Morgan fingerprint density at radius 1 is 0.386 bits per heavy atom. The van der Waals surface area contributed by atoms with E-state index in [1.165, 1.54) is 69.0 Å². The highest BCUT2D eigenvalue weighted by Gasteiger charge is 2.19. The van der Waals surface area contributed by atoms with Gasteiger partial charge in [0.2, 0.25) is 0 Å². The van der Waals surface area contributed by atoms with Crippen LogP contribution in [0, 0.1) is 0 Å². The van der Waals surface area contributed by atoms with Crippen LogP contribution in [-0.2, 0) is 0 Å². The molecule has 0 aliphatic heterocycles. The third kappa shape index (κ3) is 6.07. The average molecular weight is 763 g/mol. The number of fused-ring (bicyclic) bond motifs is 6. The van der Waals surface area contributed by atoms with Crippen LogP contribution < -0.4 is 4.90 Å². The molecule has 0 spiro atoms. The number of anilines is 3. The number of rotatable bonds is 7. The molecule has 57 heavy (non-hydrogen) atoms. The first-order valence-electron chi connectivity index (χ1n) is 19.2. The van der Waals surface area contributed by atoms with Gasteiger partial charge in [0, 0.05) is 42.7 Å². The van der Waals surface area contributed by atoms with Crippen molar-refractivity contribution in [3.8, 4) is 44.0 Å². The summed E-state index contributed by atoms with van der Waals surface area (Å²) in [6, 6.07) is 74.5. The molecule has 2 nitrogen and oxygen atoms in total. The van der Waals surface area contributed by atoms with Crippen molar-refractivity contribution in [3.63, 3.8) is 0 Å². The Balaban J connectivity index is 0.995. The fraction of sp³-hybridized carbons (Fsp3) is 0. The lowest BCUT2D eigenvalue weighted by Gasteiger charge is -2.28. The fourth-order valence-corrected chi connectivity index (χ4v) is 10.4. The van der Waals surface area contributed by atoms with Crippen LogP contribution in [0.3, 0.4) is 0 Å². The number of hydrogen-bond acceptors (Lipinski definition) is 4. The van der Waals surface area contributed by atoms with Crippen LogP contribution in [0.5, 0.6) is 0 Å². The van der Waals surface area contributed by atoms with E-state index in [0.717, 1.165) is 33.1 Å². The van der Waals surface area contributed by atoms with Gasteiger partial charge in [0.05, 0.1) is 15.9 Å². The fourth-order valence-electron chi connectivity index (χ4n) is 8.06. The summed E-state index contributed by atoms with van der Waals surface area (Å²) in [6.07, 6.45) is 0. The van der Waals surface area contributed by atoms with Gasteiger partial charge in [-0.3, -0.25) is 0 Å². The van der Waals surface area contributed by atoms with Gasteiger partial charge in [-0.2, -0.15) is 0 Å². The topological polar surface area (TPSA) is 16.1 Å². The van der Waals surface area contributed by atoms with Crippen molar-refractivity contribution in [2.24, 2.45) is 0 Å². The Morgan fingerprint density at radius 3 is 1.70 bits per heavy atom. The molecular formula is C53H34N2S2. The van der Waals surface area contributed by atoms with Crippen molar-refractivity contribution in [1.82, 2.24) is 4.98 Å². The van der Waals surface area contributed by atoms with Crippen LogP contribution in [0.2, 0.25) is 0 Å². The molecule has 0 N–H and O–H groups in total. The normalized spacial score (nSPS) is 11.5. The third-order valence-electron chi connectivity index (χ3n) is 10.9. The summed E-state index contributed by atoms with van der Waals surface area (Å²) in [7, 11) is 0. The molecule has 0 unspecified atom stereocenters. The summed E-state index contributed by atoms with van der Waals surface area (Å²) in [5.41, 5.74) is 12.7. The third-order valence-corrected chi connectivity index (χ3v) is 13.2. The quantitative estimate of drug-likeness (QED) is 0.161. The Hall–Kier alpha value is -6.85. The molecular weight excluding hydrogens is 729 g/mol. The largest absolute Gasteiger partial charge is 0.310 e. The highest BCUT2D eigenvalue weighted by atomic mass is 32.1. The molecule has 2 heterocycles. The van der Waals surface area contributed by atoms with Crippen LogP contribution in [0.25, 0.3) is 85.1 Å². The maximum absolute atomic E-state index is 5.05. The number of thiazole rings is 1. The van der Waals surface area contributed by atoms with Gasteiger partial charge < -0.3 is 4.90 Å². The number of para-hydroxylation sites is 1. The molecule has 9 aromatic carbocycles. The molecule has 0 aliphatic rings. The molecule has 0 aliphatic carbocycles. The van der Waals surface area contributed by atoms with Gasteiger partial charge in [0.25, 0.3) is 0 Å². The Morgan fingerprint density at radius 2 is 0.965 bits per heavy atom. The van der Waals surface area contributed by atoms with Gasteiger partial charge in [-0.1, -0.05) is 146 Å². The maximum Gasteiger partial charge on any atom is 0.124 e. The van der Waals surface area contributed by atoms with E-state index < -0.39 is 0 Å². The molecule has 0 amide bonds. The molecule has 11 aromatic rings. The zero-order valence-corrected chi connectivity index (χ0v) is 32.5. The molecule has 0 fully saturated rings. The van der Waals surface area contributed by atoms with E-state index in [-0.39, 0.29) is 0 Å². The van der Waals surface area contributed by atoms with E-state index in [1.54, 1.807) is 11.3 Å². The molecule has 2 aromatic heterocycles. The molecule has 268 valence electrons. The first-order chi connectivity index (χ1) is 28.2. The number of benzene rings is 9. The van der Waals surface area contributed by atoms with E-state index >= 15 is 0 Å². The van der Waals surface area contributed by atoms with Crippen molar-refractivity contribution < 1.29 is 0 Å². The predicted molar refractivity (Wildman–Crippen MR) is 246 cm³/mol. The predicted octanol–water partition coefficient (Wildman–Crippen LogP) is 16.0. The minimum absolute atomic E-state index is 1.06. The van der Waals surface area contributed by atoms with Crippen molar-refractivity contribution >= 4 is 80.9 Å². The molecule has 4 heteroatoms. The number of aromatic nitrogens is 1. The highest BCUT2D eigenvalue weighted by molar-refractivity contribution is 7.28. The van der Waals surface area contributed by atoms with Crippen LogP contribution in [0.1, 0.15) is 0 Å². The van der Waals surface area contributed by atoms with Crippen molar-refractivity contribution in [2.45, 2.75) is 0 Å². The van der Waals surface area contributed by atoms with E-state index in [2.05, 4.69) is 211 Å². The van der Waals surface area contributed by atoms with Crippen LogP contribution in [-0.4, -0.2) is 4.98 Å². The zero-order chi connectivity index (χ0) is 37.7. The maximum atomic E-state index is 5.05. The minimum atomic E-state index is 1.06. The Kier molecular flexibility index (Phi) is 8.24. The second kappa shape index (κ2) is 14.0. The molecule has 0 saturated carbocycles. The van der Waals surface area contributed by atoms with Gasteiger partial charge in [0.15, 0.2) is 0 Å². The van der Waals surface area contributed by atoms with E-state index in [0.29, 0.717) is 0 Å². The molecule has 0 atom stereocenters. The average Bonchev–Trinajstić information content (AvgIpc) is 3.89. The second-order valence-corrected chi connectivity index (χ2v) is 16.4. The van der Waals surface area contributed by atoms with Crippen LogP contribution in [0.4, 0.5) is 17.1 Å². The van der Waals surface area contributed by atoms with Gasteiger partial charge in [-0.25, -0.2) is 4.98 Å². The lowest BCUT2D eigenvalue weighted by molar-refractivity contribution is 1.28. The van der Waals surface area contributed by atoms with Crippen LogP contribution >= 0.6 is 22.7 Å². The molecule has 11 rings (SSSR count). The zero-order valence-electron chi connectivity index (χ0n) is 30.8. The van der Waals surface area contributed by atoms with Crippen molar-refractivity contribution in [2.75, 3.05) is 4.90 Å². The molecule has 0 bridgehead atoms. The van der Waals surface area contributed by atoms with Gasteiger partial charge in [-0.05, 0) is 99.3 Å². The van der Waals surface area contributed by atoms with Crippen molar-refractivity contribution in [1.29, 1.82) is 0 Å². The number of thiophene rings is 1. The summed E-state index contributed by atoms with van der Waals surface area (Å²) in [6.45, 7) is 0. The Labute approximate surface area is 339 Å². The first kappa shape index (κ1) is 33.5. The highest BCUT2D eigenvalue weighted by Crippen LogP contribution is 2.45. The number of nitrogens with zero attached hydrogens (tertiary/aromatic N) is 2. The SMILES string of the molecule is c1ccc(-c2nc3ccc4sc5ccc(-c6ccc(N(c7ccc(-c8ccc9ccccc9c8)cc7)c7ccccc7-c7ccccc7)cc6)cc5c4c3s2)cc1. The Bertz CT molecular complexity index is 3220. The smallest absolute Gasteiger partial charge is 0.124 e. The summed E-state index contributed by atoms with van der Waals surface area (Å²) < 4.78 is 3.85. The minimum Gasteiger partial charge on any atom is -0.310 e. The van der Waals surface area contributed by atoms with E-state index in [1.807, 2.05) is 11.3 Å². The summed E-state index contributed by atoms with van der Waals surface area (Å²) in [5, 5.41) is 6.16. The van der Waals surface area contributed by atoms with Crippen LogP contribution in [0.15, 0.2) is 206 Å². The van der Waals surface area contributed by atoms with Gasteiger partial charge in [0.1, 0.15) is 5.01 Å². The first-order valence-corrected chi connectivity index (χ1v) is 20.8.